The molecule has 1 aromatic rings. The van der Waals surface area contributed by atoms with Crippen LogP contribution in [-0.4, -0.2) is 24.1 Å². The Morgan fingerprint density at radius 2 is 1.85 bits per heavy atom. The molecule has 0 aliphatic carbocycles. The van der Waals surface area contributed by atoms with Crippen LogP contribution in [-0.2, 0) is 9.53 Å². The maximum Gasteiger partial charge on any atom is 0.228 e. The fourth-order valence-electron chi connectivity index (χ4n) is 1.20. The number of carbonyl (C=O) groups is 1. The molecule has 1 heterocycles. The number of hydrogen-bond acceptors (Lipinski definition) is 3. The molecule has 1 rings (SSSR count). The molecule has 0 unspecified atom stereocenters. The Balaban J connectivity index is 0.000000441. The van der Waals surface area contributed by atoms with Crippen LogP contribution in [0.4, 0.5) is 5.82 Å². The second-order valence-electron chi connectivity index (χ2n) is 4.98. The molecule has 1 aromatic heterocycles. The van der Waals surface area contributed by atoms with Crippen molar-refractivity contribution in [1.82, 2.24) is 4.98 Å². The van der Waals surface area contributed by atoms with Crippen LogP contribution >= 0.6 is 0 Å². The summed E-state index contributed by atoms with van der Waals surface area (Å²) in [5.41, 5.74) is 1.09. The zero-order valence-electron chi connectivity index (χ0n) is 13.4. The summed E-state index contributed by atoms with van der Waals surface area (Å²) in [5.74, 6) is 0.601. The lowest BCUT2D eigenvalue weighted by Gasteiger charge is -2.06. The molecule has 114 valence electrons. The Bertz CT molecular complexity index is 357. The van der Waals surface area contributed by atoms with Crippen molar-refractivity contribution in [2.75, 3.05) is 18.5 Å². The van der Waals surface area contributed by atoms with Crippen molar-refractivity contribution in [1.29, 1.82) is 0 Å². The molecular formula is C16H28N2O2. The number of nitrogens with one attached hydrogen (secondary N) is 1. The normalized spacial score (nSPS) is 9.90. The monoisotopic (exact) mass is 280 g/mol. The number of aromatic nitrogens is 1. The van der Waals surface area contributed by atoms with Crippen LogP contribution < -0.4 is 5.32 Å². The number of aryl methyl sites for hydroxylation is 1. The van der Waals surface area contributed by atoms with Crippen molar-refractivity contribution in [3.8, 4) is 0 Å². The zero-order chi connectivity index (χ0) is 15.4. The molecule has 1 N–H and O–H groups in total. The van der Waals surface area contributed by atoms with Crippen LogP contribution in [0.5, 0.6) is 0 Å². The van der Waals surface area contributed by atoms with E-state index in [2.05, 4.69) is 24.1 Å². The highest BCUT2D eigenvalue weighted by Crippen LogP contribution is 2.05. The summed E-state index contributed by atoms with van der Waals surface area (Å²) in [6.07, 6.45) is 4.01. The van der Waals surface area contributed by atoms with Crippen LogP contribution in [0.3, 0.4) is 0 Å². The van der Waals surface area contributed by atoms with Crippen LogP contribution in [0.25, 0.3) is 0 Å². The number of anilines is 1. The highest BCUT2D eigenvalue weighted by atomic mass is 16.5. The molecular weight excluding hydrogens is 252 g/mol. The first-order valence-corrected chi connectivity index (χ1v) is 7.32. The van der Waals surface area contributed by atoms with Crippen molar-refractivity contribution < 1.29 is 9.53 Å². The summed E-state index contributed by atoms with van der Waals surface area (Å²) in [6.45, 7) is 11.8. The number of nitrogens with zero attached hydrogens (tertiary/aromatic N) is 1. The van der Waals surface area contributed by atoms with Crippen LogP contribution in [0.1, 0.15) is 46.1 Å². The molecule has 0 saturated heterocycles. The van der Waals surface area contributed by atoms with Gasteiger partial charge in [0.25, 0.3) is 0 Å². The predicted octanol–water partition coefficient (Wildman–Crippen LogP) is 3.81. The lowest BCUT2D eigenvalue weighted by molar-refractivity contribution is -0.118. The first kappa shape index (κ1) is 18.6. The van der Waals surface area contributed by atoms with E-state index in [1.807, 2.05) is 26.8 Å². The van der Waals surface area contributed by atoms with E-state index in [9.17, 15) is 4.79 Å². The number of carbonyl (C=O) groups excluding carboxylic acids is 1. The van der Waals surface area contributed by atoms with E-state index in [4.69, 9.17) is 4.74 Å². The van der Waals surface area contributed by atoms with Gasteiger partial charge in [-0.3, -0.25) is 4.79 Å². The van der Waals surface area contributed by atoms with Crippen molar-refractivity contribution in [3.05, 3.63) is 23.9 Å². The summed E-state index contributed by atoms with van der Waals surface area (Å²) in [6, 6.07) is 3.72. The molecule has 0 aromatic carbocycles. The highest BCUT2D eigenvalue weighted by Gasteiger charge is 2.06. The molecule has 4 heteroatoms. The third-order valence-electron chi connectivity index (χ3n) is 2.38. The minimum absolute atomic E-state index is 0.00338. The minimum Gasteiger partial charge on any atom is -0.381 e. The van der Waals surface area contributed by atoms with E-state index >= 15 is 0 Å². The fourth-order valence-corrected chi connectivity index (χ4v) is 1.20. The summed E-state index contributed by atoms with van der Waals surface area (Å²) < 4.78 is 5.13. The molecule has 0 atom stereocenters. The van der Waals surface area contributed by atoms with Gasteiger partial charge >= 0.3 is 0 Å². The number of amides is 1. The third kappa shape index (κ3) is 9.50. The average molecular weight is 280 g/mol. The third-order valence-corrected chi connectivity index (χ3v) is 2.38. The van der Waals surface area contributed by atoms with E-state index in [-0.39, 0.29) is 11.8 Å². The molecule has 20 heavy (non-hydrogen) atoms. The van der Waals surface area contributed by atoms with Gasteiger partial charge in [-0.15, -0.1) is 0 Å². The zero-order valence-corrected chi connectivity index (χ0v) is 13.4. The van der Waals surface area contributed by atoms with Gasteiger partial charge in [-0.2, -0.15) is 0 Å². The van der Waals surface area contributed by atoms with Crippen molar-refractivity contribution in [3.63, 3.8) is 0 Å². The van der Waals surface area contributed by atoms with E-state index < -0.39 is 0 Å². The SMILES string of the molecule is CCCOCCC.Cc1ccc(NC(=O)C(C)C)nc1. The second-order valence-corrected chi connectivity index (χ2v) is 4.98. The van der Waals surface area contributed by atoms with Gasteiger partial charge in [0.1, 0.15) is 5.82 Å². The fraction of sp³-hybridized carbons (Fsp3) is 0.625. The van der Waals surface area contributed by atoms with E-state index in [1.54, 1.807) is 12.3 Å². The topological polar surface area (TPSA) is 51.2 Å². The smallest absolute Gasteiger partial charge is 0.228 e. The average Bonchev–Trinajstić information content (AvgIpc) is 2.42. The maximum absolute atomic E-state index is 11.2. The maximum atomic E-state index is 11.2. The quantitative estimate of drug-likeness (QED) is 0.806. The van der Waals surface area contributed by atoms with Gasteiger partial charge in [0, 0.05) is 25.3 Å². The van der Waals surface area contributed by atoms with E-state index in [0.29, 0.717) is 5.82 Å². The Labute approximate surface area is 122 Å². The molecule has 0 saturated carbocycles. The Morgan fingerprint density at radius 1 is 1.25 bits per heavy atom. The van der Waals surface area contributed by atoms with Crippen molar-refractivity contribution in [2.45, 2.75) is 47.5 Å². The first-order valence-electron chi connectivity index (χ1n) is 7.32. The number of hydrogen-bond donors (Lipinski definition) is 1. The molecule has 0 bridgehead atoms. The summed E-state index contributed by atoms with van der Waals surface area (Å²) in [4.78, 5) is 15.3. The van der Waals surface area contributed by atoms with Gasteiger partial charge < -0.3 is 10.1 Å². The lowest BCUT2D eigenvalue weighted by Crippen LogP contribution is -2.18. The number of rotatable bonds is 6. The Hall–Kier alpha value is -1.42. The van der Waals surface area contributed by atoms with E-state index in [1.165, 1.54) is 0 Å². The summed E-state index contributed by atoms with van der Waals surface area (Å²) in [5, 5.41) is 2.72. The number of pyridine rings is 1. The minimum atomic E-state index is -0.0110. The number of ether oxygens (including phenoxy) is 1. The molecule has 0 aliphatic rings. The Morgan fingerprint density at radius 3 is 2.25 bits per heavy atom. The molecule has 0 aliphatic heterocycles. The van der Waals surface area contributed by atoms with Crippen LogP contribution in [0, 0.1) is 12.8 Å². The molecule has 4 nitrogen and oxygen atoms in total. The van der Waals surface area contributed by atoms with Gasteiger partial charge in [-0.25, -0.2) is 4.98 Å². The molecule has 0 radical (unpaired) electrons. The predicted molar refractivity (Wildman–Crippen MR) is 83.8 cm³/mol. The standard InChI is InChI=1S/C10H14N2O.C6H14O/c1-7(2)10(13)12-9-5-4-8(3)6-11-9;1-3-5-7-6-4-2/h4-7H,1-3H3,(H,11,12,13);3-6H2,1-2H3. The second kappa shape index (κ2) is 11.4. The lowest BCUT2D eigenvalue weighted by atomic mass is 10.2. The molecule has 0 fully saturated rings. The van der Waals surface area contributed by atoms with Gasteiger partial charge in [0.15, 0.2) is 0 Å². The van der Waals surface area contributed by atoms with E-state index in [0.717, 1.165) is 31.6 Å². The molecule has 1 amide bonds. The summed E-state index contributed by atoms with van der Waals surface area (Å²) >= 11 is 0. The molecule has 0 spiro atoms. The van der Waals surface area contributed by atoms with Gasteiger partial charge in [0.2, 0.25) is 5.91 Å². The van der Waals surface area contributed by atoms with Gasteiger partial charge in [-0.05, 0) is 31.4 Å². The largest absolute Gasteiger partial charge is 0.381 e. The van der Waals surface area contributed by atoms with Gasteiger partial charge in [-0.1, -0.05) is 33.8 Å². The van der Waals surface area contributed by atoms with Crippen molar-refractivity contribution in [2.24, 2.45) is 5.92 Å². The highest BCUT2D eigenvalue weighted by molar-refractivity contribution is 5.91. The van der Waals surface area contributed by atoms with Gasteiger partial charge in [0.05, 0.1) is 0 Å². The van der Waals surface area contributed by atoms with Crippen LogP contribution in [0.15, 0.2) is 18.3 Å². The Kier molecular flexibility index (Phi) is 10.6. The van der Waals surface area contributed by atoms with Crippen molar-refractivity contribution >= 4 is 11.7 Å². The van der Waals surface area contributed by atoms with Crippen LogP contribution in [0.2, 0.25) is 0 Å². The first-order chi connectivity index (χ1) is 9.51. The summed E-state index contributed by atoms with van der Waals surface area (Å²) in [7, 11) is 0.